The third-order valence-corrected chi connectivity index (χ3v) is 10.9. The Morgan fingerprint density at radius 1 is 0.315 bits per heavy atom. The Morgan fingerprint density at radius 2 is 0.944 bits per heavy atom. The maximum atomic E-state index is 5.35. The van der Waals surface area contributed by atoms with Gasteiger partial charge < -0.3 is 0 Å². The highest BCUT2D eigenvalue weighted by Crippen LogP contribution is 2.41. The molecule has 2 aromatic heterocycles. The number of aromatic nitrogens is 3. The van der Waals surface area contributed by atoms with E-state index in [1.54, 1.807) is 0 Å². The number of fused-ring (bicyclic) bond motifs is 3. The van der Waals surface area contributed by atoms with E-state index in [0.717, 1.165) is 44.8 Å². The van der Waals surface area contributed by atoms with Gasteiger partial charge in [0.15, 0.2) is 5.82 Å². The second-order valence-electron chi connectivity index (χ2n) is 14.0. The first kappa shape index (κ1) is 30.4. The van der Waals surface area contributed by atoms with E-state index in [1.165, 1.54) is 59.4 Å². The summed E-state index contributed by atoms with van der Waals surface area (Å²) in [5.74, 6) is 0.684. The van der Waals surface area contributed by atoms with Crippen LogP contribution in [0.15, 0.2) is 188 Å². The van der Waals surface area contributed by atoms with E-state index in [4.69, 9.17) is 9.97 Å². The fraction of sp³-hybridized carbons (Fsp3) is 0. The molecule has 0 amide bonds. The molecule has 0 aliphatic rings. The van der Waals surface area contributed by atoms with Gasteiger partial charge in [-0.2, -0.15) is 0 Å². The molecule has 9 aromatic carbocycles. The number of nitrogens with zero attached hydrogens (tertiary/aromatic N) is 3. The van der Waals surface area contributed by atoms with E-state index in [0.29, 0.717) is 5.82 Å². The molecule has 0 saturated heterocycles. The Morgan fingerprint density at radius 3 is 1.74 bits per heavy atom. The lowest BCUT2D eigenvalue weighted by Crippen LogP contribution is -1.98. The SMILES string of the molecule is c1cncc(-c2ccccc2-c2cc(-c3ccc4ccc5cccc6ccc3c4c56)nc(-c3ccc(-c4cc5ccccc5c5ccccc45)cc3)n2)c1. The highest BCUT2D eigenvalue weighted by atomic mass is 14.9. The smallest absolute Gasteiger partial charge is 0.160 e. The van der Waals surface area contributed by atoms with Gasteiger partial charge >= 0.3 is 0 Å². The van der Waals surface area contributed by atoms with Gasteiger partial charge in [0, 0.05) is 34.6 Å². The van der Waals surface area contributed by atoms with E-state index < -0.39 is 0 Å². The van der Waals surface area contributed by atoms with Crippen LogP contribution in [0, 0.1) is 0 Å². The van der Waals surface area contributed by atoms with Gasteiger partial charge in [-0.1, -0.05) is 158 Å². The highest BCUT2D eigenvalue weighted by Gasteiger charge is 2.18. The van der Waals surface area contributed by atoms with Crippen LogP contribution < -0.4 is 0 Å². The lowest BCUT2D eigenvalue weighted by molar-refractivity contribution is 1.18. The van der Waals surface area contributed by atoms with Gasteiger partial charge in [0.25, 0.3) is 0 Å². The van der Waals surface area contributed by atoms with E-state index in [2.05, 4.69) is 175 Å². The summed E-state index contributed by atoms with van der Waals surface area (Å²) in [5.41, 5.74) is 9.33. The molecule has 11 rings (SSSR count). The number of pyridine rings is 1. The van der Waals surface area contributed by atoms with Crippen LogP contribution >= 0.6 is 0 Å². The number of hydrogen-bond acceptors (Lipinski definition) is 3. The molecule has 0 aliphatic heterocycles. The zero-order valence-corrected chi connectivity index (χ0v) is 29.2. The third kappa shape index (κ3) is 4.87. The van der Waals surface area contributed by atoms with Gasteiger partial charge in [-0.15, -0.1) is 0 Å². The molecule has 0 saturated carbocycles. The van der Waals surface area contributed by atoms with Crippen molar-refractivity contribution in [1.82, 2.24) is 15.0 Å². The summed E-state index contributed by atoms with van der Waals surface area (Å²) < 4.78 is 0. The Kier molecular flexibility index (Phi) is 6.86. The van der Waals surface area contributed by atoms with Gasteiger partial charge in [-0.3, -0.25) is 4.98 Å². The van der Waals surface area contributed by atoms with Gasteiger partial charge in [0.05, 0.1) is 11.4 Å². The number of rotatable bonds is 5. The Bertz CT molecular complexity index is 3190. The molecule has 250 valence electrons. The molecule has 0 fully saturated rings. The van der Waals surface area contributed by atoms with E-state index in [9.17, 15) is 0 Å². The molecule has 0 N–H and O–H groups in total. The molecule has 0 spiro atoms. The minimum Gasteiger partial charge on any atom is -0.264 e. The summed E-state index contributed by atoms with van der Waals surface area (Å²) in [4.78, 5) is 15.1. The maximum absolute atomic E-state index is 5.35. The topological polar surface area (TPSA) is 38.7 Å². The fourth-order valence-corrected chi connectivity index (χ4v) is 8.38. The van der Waals surface area contributed by atoms with Gasteiger partial charge in [-0.05, 0) is 88.8 Å². The number of hydrogen-bond donors (Lipinski definition) is 0. The molecule has 0 atom stereocenters. The molecule has 3 nitrogen and oxygen atoms in total. The maximum Gasteiger partial charge on any atom is 0.160 e. The standard InChI is InChI=1S/C51H31N3/c1-2-13-39-37(9-1)29-46(42-16-5-4-15-41(39)42)32-18-22-36(23-19-32)51-53-47(43-17-6-3-14-40(43)38-12-8-28-52-31-38)30-48(54-51)44-26-24-35-21-20-33-10-7-11-34-25-27-45(44)50(35)49(33)34/h1-31H. The molecular formula is C51H31N3. The third-order valence-electron chi connectivity index (χ3n) is 10.9. The predicted molar refractivity (Wildman–Crippen MR) is 226 cm³/mol. The second kappa shape index (κ2) is 12.2. The van der Waals surface area contributed by atoms with Crippen LogP contribution in [0.2, 0.25) is 0 Å². The lowest BCUT2D eigenvalue weighted by Gasteiger charge is -2.16. The van der Waals surface area contributed by atoms with Crippen LogP contribution in [0.5, 0.6) is 0 Å². The minimum atomic E-state index is 0.684. The molecule has 0 bridgehead atoms. The zero-order valence-electron chi connectivity index (χ0n) is 29.2. The summed E-state index contributed by atoms with van der Waals surface area (Å²) in [6.45, 7) is 0. The van der Waals surface area contributed by atoms with Crippen LogP contribution in [-0.4, -0.2) is 15.0 Å². The van der Waals surface area contributed by atoms with Crippen molar-refractivity contribution >= 4 is 53.9 Å². The molecular weight excluding hydrogens is 655 g/mol. The summed E-state index contributed by atoms with van der Waals surface area (Å²) in [7, 11) is 0. The van der Waals surface area contributed by atoms with E-state index in [1.807, 2.05) is 18.5 Å². The predicted octanol–water partition coefficient (Wildman–Crippen LogP) is 13.4. The average Bonchev–Trinajstić information content (AvgIpc) is 3.25. The van der Waals surface area contributed by atoms with Crippen LogP contribution in [0.25, 0.3) is 110 Å². The Hall–Kier alpha value is -7.23. The van der Waals surface area contributed by atoms with Crippen molar-refractivity contribution in [3.63, 3.8) is 0 Å². The van der Waals surface area contributed by atoms with Gasteiger partial charge in [-0.25, -0.2) is 9.97 Å². The molecule has 0 radical (unpaired) electrons. The molecule has 3 heteroatoms. The van der Waals surface area contributed by atoms with Gasteiger partial charge in [0.1, 0.15) is 0 Å². The molecule has 0 unspecified atom stereocenters. The molecule has 11 aromatic rings. The van der Waals surface area contributed by atoms with E-state index >= 15 is 0 Å². The second-order valence-corrected chi connectivity index (χ2v) is 14.0. The Balaban J connectivity index is 1.12. The van der Waals surface area contributed by atoms with Crippen molar-refractivity contribution < 1.29 is 0 Å². The van der Waals surface area contributed by atoms with Crippen molar-refractivity contribution in [3.05, 3.63) is 188 Å². The van der Waals surface area contributed by atoms with Crippen molar-refractivity contribution in [2.45, 2.75) is 0 Å². The summed E-state index contributed by atoms with van der Waals surface area (Å²) in [6, 6.07) is 63.0. The van der Waals surface area contributed by atoms with Crippen LogP contribution in [0.4, 0.5) is 0 Å². The first-order valence-electron chi connectivity index (χ1n) is 18.3. The number of benzene rings is 9. The van der Waals surface area contributed by atoms with Crippen LogP contribution in [-0.2, 0) is 0 Å². The average molecular weight is 686 g/mol. The Labute approximate surface area is 312 Å². The first-order valence-corrected chi connectivity index (χ1v) is 18.3. The quantitative estimate of drug-likeness (QED) is 0.169. The fourth-order valence-electron chi connectivity index (χ4n) is 8.38. The zero-order chi connectivity index (χ0) is 35.6. The molecule has 2 heterocycles. The highest BCUT2D eigenvalue weighted by molar-refractivity contribution is 6.25. The van der Waals surface area contributed by atoms with Crippen LogP contribution in [0.1, 0.15) is 0 Å². The van der Waals surface area contributed by atoms with Crippen molar-refractivity contribution in [1.29, 1.82) is 0 Å². The van der Waals surface area contributed by atoms with E-state index in [-0.39, 0.29) is 0 Å². The first-order chi connectivity index (χ1) is 26.8. The normalized spacial score (nSPS) is 11.7. The van der Waals surface area contributed by atoms with Gasteiger partial charge in [0.2, 0.25) is 0 Å². The minimum absolute atomic E-state index is 0.684. The summed E-state index contributed by atoms with van der Waals surface area (Å²) in [5, 5.41) is 12.5. The summed E-state index contributed by atoms with van der Waals surface area (Å²) in [6.07, 6.45) is 3.73. The molecule has 54 heavy (non-hydrogen) atoms. The van der Waals surface area contributed by atoms with Crippen molar-refractivity contribution in [3.8, 4) is 56.2 Å². The van der Waals surface area contributed by atoms with Crippen molar-refractivity contribution in [2.24, 2.45) is 0 Å². The van der Waals surface area contributed by atoms with Crippen LogP contribution in [0.3, 0.4) is 0 Å². The van der Waals surface area contributed by atoms with Crippen molar-refractivity contribution in [2.75, 3.05) is 0 Å². The largest absolute Gasteiger partial charge is 0.264 e. The monoisotopic (exact) mass is 685 g/mol. The lowest BCUT2D eigenvalue weighted by atomic mass is 9.90. The summed E-state index contributed by atoms with van der Waals surface area (Å²) >= 11 is 0. The molecule has 0 aliphatic carbocycles.